The van der Waals surface area contributed by atoms with E-state index in [1.807, 2.05) is 40.9 Å². The lowest BCUT2D eigenvalue weighted by Gasteiger charge is -2.38. The second-order valence-corrected chi connectivity index (χ2v) is 8.84. The Labute approximate surface area is 201 Å². The highest BCUT2D eigenvalue weighted by Crippen LogP contribution is 2.39. The molecule has 3 aliphatic rings. The van der Waals surface area contributed by atoms with Gasteiger partial charge in [-0.1, -0.05) is 36.4 Å². The van der Waals surface area contributed by atoms with Gasteiger partial charge in [-0.3, -0.25) is 14.1 Å². The number of β-lactam (4-membered cyclic amide) rings is 1. The minimum Gasteiger partial charge on any atom is -0.477 e. The van der Waals surface area contributed by atoms with Crippen LogP contribution in [0.2, 0.25) is 0 Å². The maximum absolute atomic E-state index is 12.6. The summed E-state index contributed by atoms with van der Waals surface area (Å²) in [6, 6.07) is 9.77. The van der Waals surface area contributed by atoms with Crippen molar-refractivity contribution in [1.29, 1.82) is 0 Å². The Bertz CT molecular complexity index is 1390. The van der Waals surface area contributed by atoms with Crippen molar-refractivity contribution >= 4 is 23.7 Å². The van der Waals surface area contributed by atoms with Crippen molar-refractivity contribution < 1.29 is 24.2 Å². The van der Waals surface area contributed by atoms with Crippen molar-refractivity contribution in [3.8, 4) is 5.88 Å². The van der Waals surface area contributed by atoms with Crippen molar-refractivity contribution in [2.24, 2.45) is 0 Å². The molecule has 1 aliphatic carbocycles. The SMILES string of the molecule is O=C(O)C1=CC[C@@H]2C(=Cc3cn4c5c(c(OCCOCc6ccccc6)nc4n3)CCC5)C(=O)N12. The molecular formula is C26H24N4O5. The molecule has 2 aliphatic heterocycles. The third-order valence-electron chi connectivity index (χ3n) is 6.68. The maximum atomic E-state index is 12.6. The first-order valence-corrected chi connectivity index (χ1v) is 11.7. The van der Waals surface area contributed by atoms with Gasteiger partial charge in [0.15, 0.2) is 0 Å². The number of aliphatic carboxylic acids is 1. The smallest absolute Gasteiger partial charge is 0.352 e. The van der Waals surface area contributed by atoms with Crippen molar-refractivity contribution in [2.75, 3.05) is 13.2 Å². The number of carboxylic acid groups (broad SMARTS) is 1. The van der Waals surface area contributed by atoms with Gasteiger partial charge >= 0.3 is 5.97 Å². The fraction of sp³-hybridized carbons (Fsp3) is 0.308. The molecule has 3 aromatic rings. The average Bonchev–Trinajstić information content (AvgIpc) is 3.59. The van der Waals surface area contributed by atoms with Crippen molar-refractivity contribution in [2.45, 2.75) is 38.3 Å². The highest BCUT2D eigenvalue weighted by molar-refractivity contribution is 6.11. The lowest BCUT2D eigenvalue weighted by atomic mass is 9.94. The molecule has 1 fully saturated rings. The zero-order valence-electron chi connectivity index (χ0n) is 19.0. The predicted octanol–water partition coefficient (Wildman–Crippen LogP) is 2.78. The lowest BCUT2D eigenvalue weighted by Crippen LogP contribution is -2.52. The summed E-state index contributed by atoms with van der Waals surface area (Å²) in [5, 5.41) is 9.26. The molecule has 4 heterocycles. The van der Waals surface area contributed by atoms with E-state index >= 15 is 0 Å². The van der Waals surface area contributed by atoms with Crippen molar-refractivity contribution in [3.05, 3.63) is 76.4 Å². The Balaban J connectivity index is 1.17. The highest BCUT2D eigenvalue weighted by Gasteiger charge is 2.48. The third kappa shape index (κ3) is 3.77. The van der Waals surface area contributed by atoms with Gasteiger partial charge < -0.3 is 14.6 Å². The Morgan fingerprint density at radius 1 is 1.17 bits per heavy atom. The van der Waals surface area contributed by atoms with Crippen LogP contribution in [0.15, 0.2) is 53.9 Å². The minimum absolute atomic E-state index is 0.0566. The van der Waals surface area contributed by atoms with Gasteiger partial charge in [-0.2, -0.15) is 4.98 Å². The normalized spacial score (nSPS) is 19.6. The van der Waals surface area contributed by atoms with Crippen LogP contribution in [0.5, 0.6) is 5.88 Å². The van der Waals surface area contributed by atoms with Crippen molar-refractivity contribution in [3.63, 3.8) is 0 Å². The molecular weight excluding hydrogens is 448 g/mol. The number of fused-ring (bicyclic) bond motifs is 4. The number of rotatable bonds is 8. The number of amides is 1. The van der Waals surface area contributed by atoms with Crippen LogP contribution < -0.4 is 4.74 Å². The van der Waals surface area contributed by atoms with Gasteiger partial charge in [0, 0.05) is 23.0 Å². The van der Waals surface area contributed by atoms with Gasteiger partial charge in [0.25, 0.3) is 5.91 Å². The second kappa shape index (κ2) is 8.66. The molecule has 1 aromatic carbocycles. The molecule has 0 radical (unpaired) electrons. The van der Waals surface area contributed by atoms with Gasteiger partial charge in [0.05, 0.1) is 24.9 Å². The molecule has 0 spiro atoms. The molecule has 1 atom stereocenters. The van der Waals surface area contributed by atoms with E-state index in [1.54, 1.807) is 12.2 Å². The number of nitrogens with zero attached hydrogens (tertiary/aromatic N) is 4. The van der Waals surface area contributed by atoms with E-state index in [4.69, 9.17) is 9.47 Å². The van der Waals surface area contributed by atoms with Crippen LogP contribution in [0.4, 0.5) is 0 Å². The number of carbonyl (C=O) groups is 2. The van der Waals surface area contributed by atoms with Crippen LogP contribution in [-0.4, -0.2) is 55.5 Å². The first-order valence-electron chi connectivity index (χ1n) is 11.7. The molecule has 0 bridgehead atoms. The van der Waals surface area contributed by atoms with E-state index in [9.17, 15) is 14.7 Å². The van der Waals surface area contributed by atoms with E-state index in [0.29, 0.717) is 49.2 Å². The van der Waals surface area contributed by atoms with E-state index in [1.165, 1.54) is 4.90 Å². The summed E-state index contributed by atoms with van der Waals surface area (Å²) in [4.78, 5) is 34.5. The number of hydrogen-bond acceptors (Lipinski definition) is 6. The zero-order chi connectivity index (χ0) is 23.9. The molecule has 1 N–H and O–H groups in total. The monoisotopic (exact) mass is 472 g/mol. The van der Waals surface area contributed by atoms with E-state index in [-0.39, 0.29) is 17.6 Å². The summed E-state index contributed by atoms with van der Waals surface area (Å²) in [5.41, 5.74) is 4.60. The number of ether oxygens (including phenoxy) is 2. The Morgan fingerprint density at radius 2 is 2.03 bits per heavy atom. The summed E-state index contributed by atoms with van der Waals surface area (Å²) < 4.78 is 13.7. The largest absolute Gasteiger partial charge is 0.477 e. The topological polar surface area (TPSA) is 106 Å². The molecule has 1 amide bonds. The maximum Gasteiger partial charge on any atom is 0.352 e. The molecule has 178 valence electrons. The number of benzene rings is 1. The Kier molecular flexibility index (Phi) is 5.33. The van der Waals surface area contributed by atoms with E-state index in [0.717, 1.165) is 36.1 Å². The van der Waals surface area contributed by atoms with Gasteiger partial charge in [0.2, 0.25) is 11.7 Å². The first-order chi connectivity index (χ1) is 17.1. The number of carboxylic acids is 1. The van der Waals surface area contributed by atoms with E-state index in [2.05, 4.69) is 9.97 Å². The molecule has 6 rings (SSSR count). The summed E-state index contributed by atoms with van der Waals surface area (Å²) in [5.74, 6) is -0.242. The summed E-state index contributed by atoms with van der Waals surface area (Å²) in [6.45, 7) is 1.38. The summed E-state index contributed by atoms with van der Waals surface area (Å²) in [6.07, 6.45) is 8.56. The van der Waals surface area contributed by atoms with Gasteiger partial charge in [-0.25, -0.2) is 9.78 Å². The quantitative estimate of drug-likeness (QED) is 0.305. The molecule has 35 heavy (non-hydrogen) atoms. The van der Waals surface area contributed by atoms with Gasteiger partial charge in [-0.15, -0.1) is 0 Å². The standard InChI is InChI=1S/C26H24N4O5/c31-24-19(21-9-10-22(25(32)33)30(21)24)13-17-14-29-20-8-4-7-18(20)23(28-26(29)27-17)35-12-11-34-15-16-5-2-1-3-6-16/h1-3,5-6,10,13-14,21H,4,7-9,11-12,15H2,(H,32,33)/t21-/m1/s1. The van der Waals surface area contributed by atoms with Crippen LogP contribution in [0, 0.1) is 0 Å². The number of carbonyl (C=O) groups excluding carboxylic acids is 1. The molecule has 9 heteroatoms. The molecule has 1 saturated heterocycles. The average molecular weight is 473 g/mol. The summed E-state index contributed by atoms with van der Waals surface area (Å²) in [7, 11) is 0. The molecule has 0 unspecified atom stereocenters. The molecule has 2 aromatic heterocycles. The minimum atomic E-state index is -1.08. The fourth-order valence-electron chi connectivity index (χ4n) is 5.03. The van der Waals surface area contributed by atoms with Crippen LogP contribution >= 0.6 is 0 Å². The van der Waals surface area contributed by atoms with Crippen molar-refractivity contribution in [1.82, 2.24) is 19.3 Å². The van der Waals surface area contributed by atoms with Crippen LogP contribution in [0.25, 0.3) is 11.9 Å². The highest BCUT2D eigenvalue weighted by atomic mass is 16.5. The second-order valence-electron chi connectivity index (χ2n) is 8.84. The number of aryl methyl sites for hydroxylation is 1. The molecule has 0 saturated carbocycles. The third-order valence-corrected chi connectivity index (χ3v) is 6.68. The number of aromatic nitrogens is 3. The fourth-order valence-corrected chi connectivity index (χ4v) is 5.03. The molecule has 9 nitrogen and oxygen atoms in total. The Morgan fingerprint density at radius 3 is 2.86 bits per heavy atom. The van der Waals surface area contributed by atoms with Crippen LogP contribution in [0.3, 0.4) is 0 Å². The van der Waals surface area contributed by atoms with Gasteiger partial charge in [0.1, 0.15) is 12.3 Å². The number of hydrogen-bond donors (Lipinski definition) is 1. The summed E-state index contributed by atoms with van der Waals surface area (Å²) >= 11 is 0. The van der Waals surface area contributed by atoms with Gasteiger partial charge in [-0.05, 0) is 37.3 Å². The first kappa shape index (κ1) is 21.5. The van der Waals surface area contributed by atoms with Crippen LogP contribution in [-0.2, 0) is 33.8 Å². The lowest BCUT2D eigenvalue weighted by molar-refractivity contribution is -0.142. The van der Waals surface area contributed by atoms with Crippen LogP contribution in [0.1, 0.15) is 35.4 Å². The number of imidazole rings is 1. The Hall–Kier alpha value is -3.98. The zero-order valence-corrected chi connectivity index (χ0v) is 19.0. The predicted molar refractivity (Wildman–Crippen MR) is 126 cm³/mol. The van der Waals surface area contributed by atoms with E-state index < -0.39 is 5.97 Å².